The maximum atomic E-state index is 8.99. The number of aliphatic hydroxyl groups excluding tert-OH is 1. The highest BCUT2D eigenvalue weighted by Crippen LogP contribution is 2.26. The Morgan fingerprint density at radius 1 is 1.39 bits per heavy atom. The Bertz CT molecular complexity index is 371. The second-order valence-corrected chi connectivity index (χ2v) is 4.94. The highest BCUT2D eigenvalue weighted by molar-refractivity contribution is 6.30. The summed E-state index contributed by atoms with van der Waals surface area (Å²) in [6.07, 6.45) is 4.11. The Morgan fingerprint density at radius 2 is 2.11 bits per heavy atom. The molecule has 102 valence electrons. The molecule has 5 heteroatoms. The van der Waals surface area contributed by atoms with E-state index in [9.17, 15) is 0 Å². The zero-order chi connectivity index (χ0) is 13.5. The molecule has 0 saturated heterocycles. The van der Waals surface area contributed by atoms with Crippen molar-refractivity contribution in [1.29, 1.82) is 0 Å². The fourth-order valence-electron chi connectivity index (χ4n) is 1.94. The number of aliphatic hydroxyl groups is 1. The maximum Gasteiger partial charge on any atom is 0.137 e. The molecule has 0 aromatic carbocycles. The van der Waals surface area contributed by atoms with Gasteiger partial charge < -0.3 is 10.0 Å². The van der Waals surface area contributed by atoms with Crippen molar-refractivity contribution in [2.75, 3.05) is 18.1 Å². The highest BCUT2D eigenvalue weighted by Gasteiger charge is 2.17. The lowest BCUT2D eigenvalue weighted by Gasteiger charge is -2.29. The third-order valence-electron chi connectivity index (χ3n) is 2.82. The molecular weight excluding hydrogens is 250 g/mol. The number of anilines is 1. The monoisotopic (exact) mass is 271 g/mol. The average molecular weight is 272 g/mol. The van der Waals surface area contributed by atoms with Gasteiger partial charge in [0.25, 0.3) is 0 Å². The topological polar surface area (TPSA) is 49.2 Å². The summed E-state index contributed by atoms with van der Waals surface area (Å²) in [5.41, 5.74) is 1.01. The summed E-state index contributed by atoms with van der Waals surface area (Å²) >= 11 is 6.16. The van der Waals surface area contributed by atoms with Gasteiger partial charge in [0, 0.05) is 24.8 Å². The van der Waals surface area contributed by atoms with Gasteiger partial charge in [0.05, 0.1) is 0 Å². The average Bonchev–Trinajstić information content (AvgIpc) is 2.33. The highest BCUT2D eigenvalue weighted by atomic mass is 35.5. The van der Waals surface area contributed by atoms with Crippen LogP contribution in [-0.2, 0) is 6.42 Å². The van der Waals surface area contributed by atoms with Crippen molar-refractivity contribution in [3.8, 4) is 0 Å². The van der Waals surface area contributed by atoms with E-state index in [1.54, 1.807) is 0 Å². The molecule has 1 heterocycles. The van der Waals surface area contributed by atoms with Crippen molar-refractivity contribution in [2.24, 2.45) is 0 Å². The molecule has 1 aromatic heterocycles. The van der Waals surface area contributed by atoms with Gasteiger partial charge in [-0.15, -0.1) is 0 Å². The second-order valence-electron chi connectivity index (χ2n) is 4.58. The molecule has 0 amide bonds. The molecule has 1 aromatic rings. The zero-order valence-electron chi connectivity index (χ0n) is 11.4. The Morgan fingerprint density at radius 3 is 2.67 bits per heavy atom. The minimum absolute atomic E-state index is 0.186. The van der Waals surface area contributed by atoms with E-state index >= 15 is 0 Å². The number of aromatic nitrogens is 2. The predicted molar refractivity (Wildman–Crippen MR) is 75.2 cm³/mol. The van der Waals surface area contributed by atoms with E-state index in [0.717, 1.165) is 37.2 Å². The number of halogens is 1. The van der Waals surface area contributed by atoms with Crippen LogP contribution in [0.5, 0.6) is 0 Å². The van der Waals surface area contributed by atoms with Gasteiger partial charge in [0.1, 0.15) is 17.3 Å². The van der Waals surface area contributed by atoms with E-state index in [2.05, 4.69) is 35.6 Å². The van der Waals surface area contributed by atoms with Crippen LogP contribution in [0.15, 0.2) is 6.33 Å². The quantitative estimate of drug-likeness (QED) is 0.775. The van der Waals surface area contributed by atoms with Crippen molar-refractivity contribution >= 4 is 17.4 Å². The third-order valence-corrected chi connectivity index (χ3v) is 3.15. The Balaban J connectivity index is 3.06. The van der Waals surface area contributed by atoms with Crippen LogP contribution in [0.3, 0.4) is 0 Å². The van der Waals surface area contributed by atoms with Crippen LogP contribution in [0.25, 0.3) is 0 Å². The van der Waals surface area contributed by atoms with Gasteiger partial charge in [-0.1, -0.05) is 24.9 Å². The summed E-state index contributed by atoms with van der Waals surface area (Å²) in [7, 11) is 0. The Kier molecular flexibility index (Phi) is 6.36. The van der Waals surface area contributed by atoms with Crippen molar-refractivity contribution in [2.45, 2.75) is 46.1 Å². The standard InChI is InChI=1S/C13H22ClN3O/c1-4-6-11-12(14)15-9-16-13(11)17(10(2)3)7-5-8-18/h9-10,18H,4-8H2,1-3H3. The van der Waals surface area contributed by atoms with E-state index < -0.39 is 0 Å². The van der Waals surface area contributed by atoms with E-state index in [-0.39, 0.29) is 6.61 Å². The molecule has 1 rings (SSSR count). The van der Waals surface area contributed by atoms with E-state index in [1.807, 2.05) is 0 Å². The molecule has 0 bridgehead atoms. The van der Waals surface area contributed by atoms with Gasteiger partial charge >= 0.3 is 0 Å². The molecule has 0 saturated carbocycles. The summed E-state index contributed by atoms with van der Waals surface area (Å²) in [5, 5.41) is 9.52. The molecule has 0 unspecified atom stereocenters. The van der Waals surface area contributed by atoms with Gasteiger partial charge in [-0.2, -0.15) is 0 Å². The molecule has 0 aliphatic carbocycles. The van der Waals surface area contributed by atoms with Crippen LogP contribution in [0.4, 0.5) is 5.82 Å². The minimum atomic E-state index is 0.186. The summed E-state index contributed by atoms with van der Waals surface area (Å²) in [6, 6.07) is 0.318. The first-order valence-electron chi connectivity index (χ1n) is 6.48. The van der Waals surface area contributed by atoms with E-state index in [1.165, 1.54) is 6.33 Å². The lowest BCUT2D eigenvalue weighted by atomic mass is 10.1. The molecule has 0 fully saturated rings. The molecule has 1 N–H and O–H groups in total. The summed E-state index contributed by atoms with van der Waals surface area (Å²) in [4.78, 5) is 10.6. The van der Waals surface area contributed by atoms with Gasteiger partial charge in [-0.3, -0.25) is 0 Å². The molecule has 0 aliphatic heterocycles. The van der Waals surface area contributed by atoms with Crippen LogP contribution in [0.2, 0.25) is 5.15 Å². The van der Waals surface area contributed by atoms with E-state index in [0.29, 0.717) is 11.2 Å². The molecule has 0 spiro atoms. The molecule has 18 heavy (non-hydrogen) atoms. The lowest BCUT2D eigenvalue weighted by molar-refractivity contribution is 0.288. The van der Waals surface area contributed by atoms with Crippen molar-refractivity contribution in [1.82, 2.24) is 9.97 Å². The smallest absolute Gasteiger partial charge is 0.137 e. The number of hydrogen-bond acceptors (Lipinski definition) is 4. The maximum absolute atomic E-state index is 8.99. The zero-order valence-corrected chi connectivity index (χ0v) is 12.1. The Hall–Kier alpha value is -0.870. The molecule has 0 radical (unpaired) electrons. The third kappa shape index (κ3) is 3.82. The summed E-state index contributed by atoms with van der Waals surface area (Å²) in [5.74, 6) is 0.903. The molecular formula is C13H22ClN3O. The minimum Gasteiger partial charge on any atom is -0.396 e. The largest absolute Gasteiger partial charge is 0.396 e. The first kappa shape index (κ1) is 15.2. The summed E-state index contributed by atoms with van der Waals surface area (Å²) in [6.45, 7) is 7.30. The molecule has 0 aliphatic rings. The Labute approximate surface area is 114 Å². The molecule has 4 nitrogen and oxygen atoms in total. The van der Waals surface area contributed by atoms with Gasteiger partial charge in [-0.25, -0.2) is 9.97 Å². The van der Waals surface area contributed by atoms with Crippen LogP contribution < -0.4 is 4.90 Å². The second kappa shape index (κ2) is 7.54. The normalized spacial score (nSPS) is 11.0. The van der Waals surface area contributed by atoms with E-state index in [4.69, 9.17) is 16.7 Å². The van der Waals surface area contributed by atoms with Crippen LogP contribution >= 0.6 is 11.6 Å². The van der Waals surface area contributed by atoms with Crippen LogP contribution in [0.1, 0.15) is 39.2 Å². The van der Waals surface area contributed by atoms with Crippen molar-refractivity contribution in [3.63, 3.8) is 0 Å². The van der Waals surface area contributed by atoms with Gasteiger partial charge in [0.15, 0.2) is 0 Å². The predicted octanol–water partition coefficient (Wildman–Crippen LogP) is 2.68. The summed E-state index contributed by atoms with van der Waals surface area (Å²) < 4.78 is 0. The van der Waals surface area contributed by atoms with Gasteiger partial charge in [0.2, 0.25) is 0 Å². The number of hydrogen-bond donors (Lipinski definition) is 1. The van der Waals surface area contributed by atoms with Crippen LogP contribution in [-0.4, -0.2) is 34.3 Å². The number of nitrogens with zero attached hydrogens (tertiary/aromatic N) is 3. The van der Waals surface area contributed by atoms with Gasteiger partial charge in [-0.05, 0) is 26.7 Å². The van der Waals surface area contributed by atoms with Crippen molar-refractivity contribution in [3.05, 3.63) is 17.0 Å². The van der Waals surface area contributed by atoms with Crippen LogP contribution in [0, 0.1) is 0 Å². The number of rotatable bonds is 7. The fraction of sp³-hybridized carbons (Fsp3) is 0.692. The van der Waals surface area contributed by atoms with Crippen molar-refractivity contribution < 1.29 is 5.11 Å². The fourth-order valence-corrected chi connectivity index (χ4v) is 2.17. The lowest BCUT2D eigenvalue weighted by Crippen LogP contribution is -2.34. The first-order chi connectivity index (χ1) is 8.61. The first-order valence-corrected chi connectivity index (χ1v) is 6.86. The SMILES string of the molecule is CCCc1c(Cl)ncnc1N(CCCO)C(C)C. The molecule has 0 atom stereocenters.